The lowest BCUT2D eigenvalue weighted by Crippen LogP contribution is -2.52. The Bertz CT molecular complexity index is 421. The Morgan fingerprint density at radius 1 is 1.29 bits per heavy atom. The molecule has 2 rings (SSSR count). The normalized spacial score (nSPS) is 28.7. The summed E-state index contributed by atoms with van der Waals surface area (Å²) >= 11 is 0. The minimum Gasteiger partial charge on any atom is -0.342 e. The summed E-state index contributed by atoms with van der Waals surface area (Å²) in [6, 6.07) is 0. The molecule has 0 N–H and O–H groups in total. The first kappa shape index (κ1) is 16.5. The van der Waals surface area contributed by atoms with Gasteiger partial charge in [-0.1, -0.05) is 32.4 Å². The van der Waals surface area contributed by atoms with E-state index >= 15 is 0 Å². The molecule has 0 aromatic heterocycles. The first-order valence-corrected chi connectivity index (χ1v) is 8.39. The fourth-order valence-electron chi connectivity index (χ4n) is 3.79. The lowest BCUT2D eigenvalue weighted by Gasteiger charge is -2.42. The highest BCUT2D eigenvalue weighted by atomic mass is 16.2. The highest BCUT2D eigenvalue weighted by Crippen LogP contribution is 2.40. The quantitative estimate of drug-likeness (QED) is 0.745. The Hall–Kier alpha value is -0.830. The fourth-order valence-corrected chi connectivity index (χ4v) is 3.79. The average Bonchev–Trinajstić information content (AvgIpc) is 2.78. The zero-order valence-corrected chi connectivity index (χ0v) is 14.5. The van der Waals surface area contributed by atoms with Crippen LogP contribution in [0.2, 0.25) is 0 Å². The molecule has 120 valence electrons. The number of piperidine rings is 1. The molecule has 3 heteroatoms. The summed E-state index contributed by atoms with van der Waals surface area (Å²) in [5, 5.41) is 0. The molecule has 1 spiro atoms. The zero-order valence-electron chi connectivity index (χ0n) is 14.5. The summed E-state index contributed by atoms with van der Waals surface area (Å²) in [5.74, 6) is 0.421. The lowest BCUT2D eigenvalue weighted by molar-refractivity contribution is -0.147. The summed E-state index contributed by atoms with van der Waals surface area (Å²) in [6.45, 7) is 15.8. The van der Waals surface area contributed by atoms with Gasteiger partial charge < -0.3 is 4.90 Å². The molecule has 0 aliphatic carbocycles. The van der Waals surface area contributed by atoms with Gasteiger partial charge in [0, 0.05) is 26.2 Å². The highest BCUT2D eigenvalue weighted by molar-refractivity contribution is 5.84. The van der Waals surface area contributed by atoms with Gasteiger partial charge in [-0.05, 0) is 45.1 Å². The molecule has 1 unspecified atom stereocenters. The maximum absolute atomic E-state index is 13.0. The van der Waals surface area contributed by atoms with Crippen LogP contribution in [0.3, 0.4) is 0 Å². The van der Waals surface area contributed by atoms with Gasteiger partial charge in [-0.15, -0.1) is 0 Å². The van der Waals surface area contributed by atoms with Gasteiger partial charge in [0.25, 0.3) is 0 Å². The Balaban J connectivity index is 2.04. The lowest BCUT2D eigenvalue weighted by atomic mass is 9.77. The molecule has 0 aromatic rings. The summed E-state index contributed by atoms with van der Waals surface area (Å²) in [7, 11) is 0. The molecular weight excluding hydrogens is 260 g/mol. The Labute approximate surface area is 130 Å². The monoisotopic (exact) mass is 292 g/mol. The van der Waals surface area contributed by atoms with Gasteiger partial charge in [0.2, 0.25) is 5.91 Å². The molecule has 2 fully saturated rings. The van der Waals surface area contributed by atoms with Crippen molar-refractivity contribution in [2.45, 2.75) is 53.9 Å². The van der Waals surface area contributed by atoms with Gasteiger partial charge >= 0.3 is 0 Å². The van der Waals surface area contributed by atoms with Crippen LogP contribution in [0.4, 0.5) is 0 Å². The van der Waals surface area contributed by atoms with Crippen molar-refractivity contribution in [1.29, 1.82) is 0 Å². The van der Waals surface area contributed by atoms with Crippen molar-refractivity contribution in [1.82, 2.24) is 9.80 Å². The highest BCUT2D eigenvalue weighted by Gasteiger charge is 2.48. The molecule has 0 bridgehead atoms. The second kappa shape index (κ2) is 6.12. The van der Waals surface area contributed by atoms with Crippen molar-refractivity contribution in [3.8, 4) is 0 Å². The second-order valence-electron chi connectivity index (χ2n) is 8.27. The number of rotatable bonds is 3. The third-order valence-corrected chi connectivity index (χ3v) is 4.89. The number of carbonyl (C=O) groups is 1. The van der Waals surface area contributed by atoms with E-state index in [1.165, 1.54) is 5.57 Å². The smallest absolute Gasteiger partial charge is 0.230 e. The maximum Gasteiger partial charge on any atom is 0.230 e. The number of likely N-dealkylation sites (tertiary alicyclic amines) is 2. The number of amides is 1. The third kappa shape index (κ3) is 3.88. The number of carbonyl (C=O) groups excluding carboxylic acids is 1. The van der Waals surface area contributed by atoms with E-state index in [0.29, 0.717) is 5.91 Å². The molecule has 2 aliphatic rings. The van der Waals surface area contributed by atoms with E-state index < -0.39 is 0 Å². The van der Waals surface area contributed by atoms with Crippen molar-refractivity contribution in [3.63, 3.8) is 0 Å². The Morgan fingerprint density at radius 2 is 2.00 bits per heavy atom. The fraction of sp³-hybridized carbons (Fsp3) is 0.833. The average molecular weight is 292 g/mol. The summed E-state index contributed by atoms with van der Waals surface area (Å²) in [4.78, 5) is 17.6. The SMILES string of the molecule is C/C=C(\C)CN1CCC2(CCCN(CC(C)(C)C)C2=O)C1. The molecule has 2 saturated heterocycles. The van der Waals surface area contributed by atoms with Crippen LogP contribution in [0.25, 0.3) is 0 Å². The van der Waals surface area contributed by atoms with Crippen LogP contribution in [0.15, 0.2) is 11.6 Å². The predicted molar refractivity (Wildman–Crippen MR) is 88.2 cm³/mol. The Morgan fingerprint density at radius 3 is 2.62 bits per heavy atom. The van der Waals surface area contributed by atoms with Crippen LogP contribution in [0, 0.1) is 10.8 Å². The minimum absolute atomic E-state index is 0.0858. The first-order chi connectivity index (χ1) is 9.76. The number of nitrogens with zero attached hydrogens (tertiary/aromatic N) is 2. The van der Waals surface area contributed by atoms with Crippen LogP contribution in [0.1, 0.15) is 53.9 Å². The van der Waals surface area contributed by atoms with E-state index in [9.17, 15) is 4.79 Å². The largest absolute Gasteiger partial charge is 0.342 e. The molecule has 3 nitrogen and oxygen atoms in total. The van der Waals surface area contributed by atoms with Gasteiger partial charge in [0.05, 0.1) is 5.41 Å². The molecule has 2 heterocycles. The summed E-state index contributed by atoms with van der Waals surface area (Å²) in [5.41, 5.74) is 1.51. The van der Waals surface area contributed by atoms with Gasteiger partial charge in [-0.2, -0.15) is 0 Å². The molecule has 0 aromatic carbocycles. The van der Waals surface area contributed by atoms with E-state index in [-0.39, 0.29) is 10.8 Å². The van der Waals surface area contributed by atoms with Crippen LogP contribution in [-0.4, -0.2) is 48.4 Å². The molecule has 0 saturated carbocycles. The van der Waals surface area contributed by atoms with E-state index in [0.717, 1.165) is 52.0 Å². The predicted octanol–water partition coefficient (Wildman–Crippen LogP) is 3.31. The van der Waals surface area contributed by atoms with E-state index in [4.69, 9.17) is 0 Å². The molecule has 21 heavy (non-hydrogen) atoms. The standard InChI is InChI=1S/C18H32N2O/c1-6-15(2)12-19-11-9-18(14-19)8-7-10-20(16(18)21)13-17(3,4)5/h6H,7-14H2,1-5H3/b15-6+. The van der Waals surface area contributed by atoms with E-state index in [2.05, 4.69) is 50.5 Å². The molecule has 1 atom stereocenters. The van der Waals surface area contributed by atoms with Crippen LogP contribution in [-0.2, 0) is 4.79 Å². The minimum atomic E-state index is -0.0858. The van der Waals surface area contributed by atoms with Gasteiger partial charge in [-0.3, -0.25) is 9.69 Å². The zero-order chi connectivity index (χ0) is 15.7. The van der Waals surface area contributed by atoms with Crippen molar-refractivity contribution in [3.05, 3.63) is 11.6 Å². The Kier molecular flexibility index (Phi) is 4.82. The van der Waals surface area contributed by atoms with Crippen LogP contribution >= 0.6 is 0 Å². The summed E-state index contributed by atoms with van der Waals surface area (Å²) in [6.07, 6.45) is 5.47. The number of hydrogen-bond acceptors (Lipinski definition) is 2. The topological polar surface area (TPSA) is 23.6 Å². The van der Waals surface area contributed by atoms with Crippen molar-refractivity contribution >= 4 is 5.91 Å². The van der Waals surface area contributed by atoms with Gasteiger partial charge in [-0.25, -0.2) is 0 Å². The van der Waals surface area contributed by atoms with E-state index in [1.54, 1.807) is 0 Å². The summed E-state index contributed by atoms with van der Waals surface area (Å²) < 4.78 is 0. The van der Waals surface area contributed by atoms with Crippen LogP contribution in [0.5, 0.6) is 0 Å². The second-order valence-corrected chi connectivity index (χ2v) is 8.27. The molecule has 2 aliphatic heterocycles. The van der Waals surface area contributed by atoms with Crippen molar-refractivity contribution in [2.24, 2.45) is 10.8 Å². The first-order valence-electron chi connectivity index (χ1n) is 8.39. The van der Waals surface area contributed by atoms with Crippen molar-refractivity contribution in [2.75, 3.05) is 32.7 Å². The van der Waals surface area contributed by atoms with E-state index in [1.807, 2.05) is 0 Å². The molecular formula is C18H32N2O. The van der Waals surface area contributed by atoms with Gasteiger partial charge in [0.1, 0.15) is 0 Å². The third-order valence-electron chi connectivity index (χ3n) is 4.89. The van der Waals surface area contributed by atoms with Gasteiger partial charge in [0.15, 0.2) is 0 Å². The molecule has 0 radical (unpaired) electrons. The number of allylic oxidation sites excluding steroid dienone is 1. The number of hydrogen-bond donors (Lipinski definition) is 0. The maximum atomic E-state index is 13.0. The molecule has 1 amide bonds. The van der Waals surface area contributed by atoms with Crippen molar-refractivity contribution < 1.29 is 4.79 Å². The van der Waals surface area contributed by atoms with Crippen LogP contribution < -0.4 is 0 Å².